The Hall–Kier alpha value is -3.09. The van der Waals surface area contributed by atoms with Crippen LogP contribution in [-0.4, -0.2) is 39.0 Å². The third kappa shape index (κ3) is 4.80. The van der Waals surface area contributed by atoms with E-state index in [9.17, 15) is 38.8 Å². The molecule has 0 radical (unpaired) electrons. The normalized spacial score (nSPS) is 19.1. The molecule has 0 amide bonds. The van der Waals surface area contributed by atoms with Gasteiger partial charge < -0.3 is 0 Å². The molecule has 5 nitrogen and oxygen atoms in total. The number of aryl methyl sites for hydroxylation is 1. The van der Waals surface area contributed by atoms with Crippen molar-refractivity contribution in [1.82, 2.24) is 4.31 Å². The van der Waals surface area contributed by atoms with Crippen LogP contribution in [0.1, 0.15) is 17.5 Å². The number of rotatable bonds is 6. The Morgan fingerprint density at radius 3 is 1.89 bits per heavy atom. The van der Waals surface area contributed by atoms with Gasteiger partial charge in [0.25, 0.3) is 0 Å². The molecule has 4 rings (SSSR count). The first-order chi connectivity index (χ1) is 17.4. The number of hydrogen-bond acceptors (Lipinski definition) is 4. The van der Waals surface area contributed by atoms with Crippen LogP contribution in [-0.2, 0) is 19.9 Å². The molecule has 1 heterocycles. The van der Waals surface area contributed by atoms with Gasteiger partial charge in [0, 0.05) is 6.54 Å². The van der Waals surface area contributed by atoms with E-state index in [4.69, 9.17) is 0 Å². The highest BCUT2D eigenvalue weighted by Gasteiger charge is 2.49. The molecule has 1 fully saturated rings. The summed E-state index contributed by atoms with van der Waals surface area (Å²) in [6.07, 6.45) is 2.22. The molecule has 0 bridgehead atoms. The highest BCUT2D eigenvalue weighted by molar-refractivity contribution is 7.92. The fourth-order valence-corrected chi connectivity index (χ4v) is 7.92. The lowest BCUT2D eigenvalue weighted by atomic mass is 10.1. The molecule has 0 aromatic heterocycles. The molecule has 0 saturated carbocycles. The molecule has 1 aliphatic rings. The van der Waals surface area contributed by atoms with Crippen LogP contribution >= 0.6 is 0 Å². The second-order valence-corrected chi connectivity index (χ2v) is 12.5. The number of halogens is 5. The minimum Gasteiger partial charge on any atom is -0.223 e. The number of benzene rings is 3. The van der Waals surface area contributed by atoms with E-state index < -0.39 is 71.6 Å². The first-order valence-electron chi connectivity index (χ1n) is 10.9. The molecular weight excluding hydrogens is 537 g/mol. The van der Waals surface area contributed by atoms with Crippen molar-refractivity contribution in [3.8, 4) is 0 Å². The van der Waals surface area contributed by atoms with Gasteiger partial charge in [0.15, 0.2) is 33.1 Å². The summed E-state index contributed by atoms with van der Waals surface area (Å²) in [5.74, 6) is -12.3. The molecule has 37 heavy (non-hydrogen) atoms. The van der Waals surface area contributed by atoms with Gasteiger partial charge in [0.05, 0.1) is 16.2 Å². The van der Waals surface area contributed by atoms with Gasteiger partial charge in [-0.1, -0.05) is 60.2 Å². The summed E-state index contributed by atoms with van der Waals surface area (Å²) in [5.41, 5.74) is 1.34. The summed E-state index contributed by atoms with van der Waals surface area (Å²) in [7, 11) is -9.56. The summed E-state index contributed by atoms with van der Waals surface area (Å²) in [4.78, 5) is -2.13. The van der Waals surface area contributed by atoms with E-state index in [0.29, 0.717) is 5.56 Å². The van der Waals surface area contributed by atoms with Crippen molar-refractivity contribution < 1.29 is 38.8 Å². The molecule has 12 heteroatoms. The predicted octanol–water partition coefficient (Wildman–Crippen LogP) is 5.01. The lowest BCUT2D eigenvalue weighted by molar-refractivity contribution is 0.357. The molecule has 3 aromatic carbocycles. The third-order valence-electron chi connectivity index (χ3n) is 6.11. The van der Waals surface area contributed by atoms with Crippen LogP contribution < -0.4 is 0 Å². The molecule has 3 aromatic rings. The zero-order valence-electron chi connectivity index (χ0n) is 19.2. The van der Waals surface area contributed by atoms with E-state index in [-0.39, 0.29) is 11.4 Å². The maximum atomic E-state index is 14.5. The summed E-state index contributed by atoms with van der Waals surface area (Å²) in [6.45, 7) is 1.36. The molecular formula is C25H20F5NO4S2. The molecule has 0 spiro atoms. The topological polar surface area (TPSA) is 71.5 Å². The van der Waals surface area contributed by atoms with Crippen LogP contribution in [0.15, 0.2) is 70.5 Å². The summed E-state index contributed by atoms with van der Waals surface area (Å²) in [5, 5.41) is -1.83. The van der Waals surface area contributed by atoms with Gasteiger partial charge in [0.1, 0.15) is 4.90 Å². The largest absolute Gasteiger partial charge is 0.243 e. The summed E-state index contributed by atoms with van der Waals surface area (Å²) in [6, 6.07) is 12.6. The van der Waals surface area contributed by atoms with Crippen molar-refractivity contribution in [2.45, 2.75) is 34.4 Å². The van der Waals surface area contributed by atoms with Crippen molar-refractivity contribution in [3.05, 3.63) is 101 Å². The number of sulfone groups is 1. The fraction of sp³-hybridized carbons (Fsp3) is 0.200. The molecule has 0 unspecified atom stereocenters. The molecule has 0 aliphatic carbocycles. The van der Waals surface area contributed by atoms with Crippen molar-refractivity contribution in [2.75, 3.05) is 6.54 Å². The number of nitrogens with zero attached hydrogens (tertiary/aromatic N) is 1. The average molecular weight is 558 g/mol. The van der Waals surface area contributed by atoms with Crippen molar-refractivity contribution in [2.24, 2.45) is 0 Å². The fourth-order valence-electron chi connectivity index (χ4n) is 4.20. The quantitative estimate of drug-likeness (QED) is 0.185. The lowest BCUT2D eigenvalue weighted by Crippen LogP contribution is -2.41. The highest BCUT2D eigenvalue weighted by Crippen LogP contribution is 2.37. The molecule has 196 valence electrons. The zero-order valence-corrected chi connectivity index (χ0v) is 20.8. The van der Waals surface area contributed by atoms with Crippen molar-refractivity contribution in [3.63, 3.8) is 0 Å². The lowest BCUT2D eigenvalue weighted by Gasteiger charge is -2.25. The van der Waals surface area contributed by atoms with Gasteiger partial charge in [-0.3, -0.25) is 0 Å². The minimum absolute atomic E-state index is 0.148. The van der Waals surface area contributed by atoms with E-state index in [1.54, 1.807) is 49.4 Å². The Morgan fingerprint density at radius 2 is 1.32 bits per heavy atom. The molecule has 1 saturated heterocycles. The molecule has 1 aliphatic heterocycles. The number of hydrogen-bond donors (Lipinski definition) is 0. The van der Waals surface area contributed by atoms with Crippen molar-refractivity contribution >= 4 is 25.9 Å². The van der Waals surface area contributed by atoms with E-state index >= 15 is 0 Å². The van der Waals surface area contributed by atoms with Gasteiger partial charge in [-0.15, -0.1) is 0 Å². The predicted molar refractivity (Wildman–Crippen MR) is 126 cm³/mol. The number of sulfonamides is 1. The van der Waals surface area contributed by atoms with E-state index in [1.807, 2.05) is 0 Å². The van der Waals surface area contributed by atoms with E-state index in [1.165, 1.54) is 24.3 Å². The first-order valence-corrected chi connectivity index (χ1v) is 13.9. The zero-order chi connectivity index (χ0) is 27.1. The Balaban J connectivity index is 1.86. The SMILES string of the molecule is Cc1ccc(S(=O)(=O)N2CC[C@H](S(=O)(=O)c3c(F)c(F)c(F)c(F)c3F)[C@H]2/C=C/c2ccccc2)cc1. The second kappa shape index (κ2) is 9.99. The molecule has 0 N–H and O–H groups in total. The van der Waals surface area contributed by atoms with Crippen molar-refractivity contribution in [1.29, 1.82) is 0 Å². The smallest absolute Gasteiger partial charge is 0.223 e. The minimum atomic E-state index is -5.25. The van der Waals surface area contributed by atoms with E-state index in [2.05, 4.69) is 0 Å². The second-order valence-electron chi connectivity index (χ2n) is 8.46. The van der Waals surface area contributed by atoms with Gasteiger partial charge in [-0.25, -0.2) is 38.8 Å². The van der Waals surface area contributed by atoms with E-state index in [0.717, 1.165) is 9.87 Å². The summed E-state index contributed by atoms with van der Waals surface area (Å²) >= 11 is 0. The van der Waals surface area contributed by atoms with Crippen LogP contribution in [0.3, 0.4) is 0 Å². The standard InChI is InChI=1S/C25H20F5NO4S2/c1-15-7-10-17(11-8-15)37(34,35)31-14-13-19(18(31)12-9-16-5-3-2-4-6-16)36(32,33)25-23(29)21(27)20(26)22(28)24(25)30/h2-12,18-19H,13-14H2,1H3/b12-9+/t18-,19+/m1/s1. The van der Waals surface area contributed by atoms with Crippen LogP contribution in [0.2, 0.25) is 0 Å². The first kappa shape index (κ1) is 27.0. The van der Waals surface area contributed by atoms with Crippen LogP contribution in [0.5, 0.6) is 0 Å². The Bertz CT molecular complexity index is 1550. The Kier molecular flexibility index (Phi) is 7.28. The van der Waals surface area contributed by atoms with Gasteiger partial charge in [-0.2, -0.15) is 4.31 Å². The maximum Gasteiger partial charge on any atom is 0.243 e. The Labute approximate surface area is 210 Å². The van der Waals surface area contributed by atoms with Crippen LogP contribution in [0.25, 0.3) is 6.08 Å². The van der Waals surface area contributed by atoms with Gasteiger partial charge >= 0.3 is 0 Å². The average Bonchev–Trinajstić information content (AvgIpc) is 3.32. The monoisotopic (exact) mass is 557 g/mol. The maximum absolute atomic E-state index is 14.5. The summed E-state index contributed by atoms with van der Waals surface area (Å²) < 4.78 is 125. The molecule has 2 atom stereocenters. The van der Waals surface area contributed by atoms with Crippen LogP contribution in [0, 0.1) is 36.0 Å². The third-order valence-corrected chi connectivity index (χ3v) is 10.3. The van der Waals surface area contributed by atoms with Gasteiger partial charge in [-0.05, 0) is 31.0 Å². The van der Waals surface area contributed by atoms with Crippen LogP contribution in [0.4, 0.5) is 22.0 Å². The Morgan fingerprint density at radius 1 is 0.784 bits per heavy atom. The van der Waals surface area contributed by atoms with Gasteiger partial charge in [0.2, 0.25) is 15.8 Å². The highest BCUT2D eigenvalue weighted by atomic mass is 32.2.